The Balaban J connectivity index is 2.02. The zero-order valence-electron chi connectivity index (χ0n) is 13.2. The molecule has 0 amide bonds. The van der Waals surface area contributed by atoms with Crippen molar-refractivity contribution in [3.8, 4) is 0 Å². The Kier molecular flexibility index (Phi) is 5.76. The molecule has 1 heterocycles. The number of carbonyl (C=O) groups excluding carboxylic acids is 1. The Morgan fingerprint density at radius 2 is 2.38 bits per heavy atom. The monoisotopic (exact) mass is 311 g/mol. The van der Waals surface area contributed by atoms with E-state index in [9.17, 15) is 4.79 Å². The molecule has 2 rings (SSSR count). The Morgan fingerprint density at radius 3 is 3.05 bits per heavy atom. The van der Waals surface area contributed by atoms with Gasteiger partial charge in [-0.1, -0.05) is 13.3 Å². The van der Waals surface area contributed by atoms with Crippen molar-refractivity contribution in [1.82, 2.24) is 4.98 Å². The van der Waals surface area contributed by atoms with Crippen molar-refractivity contribution >= 4 is 17.3 Å². The van der Waals surface area contributed by atoms with Crippen LogP contribution in [0.25, 0.3) is 0 Å². The number of hydrogen-bond acceptors (Lipinski definition) is 5. The van der Waals surface area contributed by atoms with Gasteiger partial charge in [0.05, 0.1) is 18.7 Å². The molecule has 21 heavy (non-hydrogen) atoms. The van der Waals surface area contributed by atoms with E-state index in [0.29, 0.717) is 25.4 Å². The second-order valence-electron chi connectivity index (χ2n) is 5.85. The summed E-state index contributed by atoms with van der Waals surface area (Å²) < 4.78 is 10.8. The van der Waals surface area contributed by atoms with Gasteiger partial charge in [-0.3, -0.25) is 4.79 Å². The molecule has 0 spiro atoms. The maximum Gasteiger partial charge on any atom is 0.306 e. The molecule has 1 aromatic heterocycles. The van der Waals surface area contributed by atoms with Crippen LogP contribution >= 0.6 is 11.3 Å². The van der Waals surface area contributed by atoms with Gasteiger partial charge in [0.2, 0.25) is 0 Å². The van der Waals surface area contributed by atoms with Crippen molar-refractivity contribution in [2.24, 2.45) is 5.92 Å². The predicted octanol–water partition coefficient (Wildman–Crippen LogP) is 3.69. The Bertz CT molecular complexity index is 474. The summed E-state index contributed by atoms with van der Waals surface area (Å²) in [6, 6.07) is 0. The first kappa shape index (κ1) is 16.4. The zero-order valence-corrected chi connectivity index (χ0v) is 14.0. The molecule has 0 aliphatic heterocycles. The normalized spacial score (nSPS) is 25.8. The highest BCUT2D eigenvalue weighted by molar-refractivity contribution is 7.09. The summed E-state index contributed by atoms with van der Waals surface area (Å²) in [6.07, 6.45) is 5.57. The van der Waals surface area contributed by atoms with Gasteiger partial charge in [-0.05, 0) is 32.1 Å². The lowest BCUT2D eigenvalue weighted by Gasteiger charge is -2.37. The molecule has 1 aliphatic rings. The number of nitrogens with zero attached hydrogens (tertiary/aromatic N) is 1. The highest BCUT2D eigenvalue weighted by Gasteiger charge is 2.39. The maximum absolute atomic E-state index is 11.4. The first-order chi connectivity index (χ1) is 10.1. The number of ether oxygens (including phenoxy) is 2. The molecule has 5 heteroatoms. The molecule has 1 saturated carbocycles. The molecule has 0 bridgehead atoms. The number of carbonyl (C=O) groups is 1. The number of hydrogen-bond donors (Lipinski definition) is 0. The topological polar surface area (TPSA) is 48.4 Å². The SMILES string of the molecule is CCOC(=O)CCc1csc(C2(OC)CCCC(C)C2)n1. The van der Waals surface area contributed by atoms with Crippen molar-refractivity contribution < 1.29 is 14.3 Å². The van der Waals surface area contributed by atoms with E-state index in [0.717, 1.165) is 23.5 Å². The largest absolute Gasteiger partial charge is 0.466 e. The van der Waals surface area contributed by atoms with Gasteiger partial charge in [0.15, 0.2) is 0 Å². The van der Waals surface area contributed by atoms with Crippen molar-refractivity contribution in [3.63, 3.8) is 0 Å². The van der Waals surface area contributed by atoms with Gasteiger partial charge < -0.3 is 9.47 Å². The Labute approximate surface area is 130 Å². The molecule has 2 unspecified atom stereocenters. The average Bonchev–Trinajstić information content (AvgIpc) is 2.95. The third-order valence-corrected chi connectivity index (χ3v) is 5.26. The van der Waals surface area contributed by atoms with E-state index in [4.69, 9.17) is 14.5 Å². The van der Waals surface area contributed by atoms with Crippen LogP contribution in [0.5, 0.6) is 0 Å². The first-order valence-corrected chi connectivity index (χ1v) is 8.63. The van der Waals surface area contributed by atoms with Gasteiger partial charge in [-0.2, -0.15) is 0 Å². The highest BCUT2D eigenvalue weighted by atomic mass is 32.1. The van der Waals surface area contributed by atoms with Gasteiger partial charge >= 0.3 is 5.97 Å². The van der Waals surface area contributed by atoms with Crippen LogP contribution in [0, 0.1) is 5.92 Å². The third kappa shape index (κ3) is 4.04. The smallest absolute Gasteiger partial charge is 0.306 e. The molecule has 0 N–H and O–H groups in total. The van der Waals surface area contributed by atoms with Crippen LogP contribution in [-0.4, -0.2) is 24.7 Å². The zero-order chi connectivity index (χ0) is 15.3. The Morgan fingerprint density at radius 1 is 1.57 bits per heavy atom. The minimum absolute atomic E-state index is 0.153. The number of thiazole rings is 1. The van der Waals surface area contributed by atoms with E-state index in [2.05, 4.69) is 12.3 Å². The summed E-state index contributed by atoms with van der Waals surface area (Å²) in [4.78, 5) is 16.1. The fourth-order valence-electron chi connectivity index (χ4n) is 3.06. The molecule has 118 valence electrons. The van der Waals surface area contributed by atoms with Crippen LogP contribution in [0.2, 0.25) is 0 Å². The number of aromatic nitrogens is 1. The van der Waals surface area contributed by atoms with Gasteiger partial charge in [-0.15, -0.1) is 11.3 Å². The molecule has 1 fully saturated rings. The molecule has 0 radical (unpaired) electrons. The minimum atomic E-state index is -0.218. The van der Waals surface area contributed by atoms with Gasteiger partial charge in [0, 0.05) is 18.9 Å². The van der Waals surface area contributed by atoms with Crippen molar-refractivity contribution in [2.75, 3.05) is 13.7 Å². The molecule has 1 aliphatic carbocycles. The number of rotatable bonds is 6. The molecular weight excluding hydrogens is 286 g/mol. The van der Waals surface area contributed by atoms with E-state index in [1.165, 1.54) is 12.8 Å². The van der Waals surface area contributed by atoms with Crippen molar-refractivity contribution in [3.05, 3.63) is 16.1 Å². The van der Waals surface area contributed by atoms with E-state index >= 15 is 0 Å². The Hall–Kier alpha value is -0.940. The van der Waals surface area contributed by atoms with Gasteiger partial charge in [0.1, 0.15) is 10.6 Å². The lowest BCUT2D eigenvalue weighted by atomic mass is 9.79. The molecule has 2 atom stereocenters. The quantitative estimate of drug-likeness (QED) is 0.752. The number of methoxy groups -OCH3 is 1. The first-order valence-electron chi connectivity index (χ1n) is 7.75. The standard InChI is InChI=1S/C16H25NO3S/c1-4-20-14(18)8-7-13-11-21-15(17-13)16(19-3)9-5-6-12(2)10-16/h11-12H,4-10H2,1-3H3. The van der Waals surface area contributed by atoms with E-state index < -0.39 is 0 Å². The number of esters is 1. The van der Waals surface area contributed by atoms with Crippen molar-refractivity contribution in [2.45, 2.75) is 58.0 Å². The summed E-state index contributed by atoms with van der Waals surface area (Å²) in [5.41, 5.74) is 0.752. The average molecular weight is 311 g/mol. The van der Waals surface area contributed by atoms with Crippen LogP contribution in [0.3, 0.4) is 0 Å². The summed E-state index contributed by atoms with van der Waals surface area (Å²) in [7, 11) is 1.79. The molecule has 0 aromatic carbocycles. The second kappa shape index (κ2) is 7.36. The third-order valence-electron chi connectivity index (χ3n) is 4.18. The summed E-state index contributed by atoms with van der Waals surface area (Å²) >= 11 is 1.66. The fraction of sp³-hybridized carbons (Fsp3) is 0.750. The van der Waals surface area contributed by atoms with Crippen LogP contribution in [0.4, 0.5) is 0 Å². The minimum Gasteiger partial charge on any atom is -0.466 e. The molecule has 1 aromatic rings. The summed E-state index contributed by atoms with van der Waals surface area (Å²) in [5, 5.41) is 3.12. The highest BCUT2D eigenvalue weighted by Crippen LogP contribution is 2.43. The molecule has 4 nitrogen and oxygen atoms in total. The molecule has 0 saturated heterocycles. The maximum atomic E-state index is 11.4. The number of aryl methyl sites for hydroxylation is 1. The van der Waals surface area contributed by atoms with Crippen LogP contribution in [0.1, 0.15) is 56.7 Å². The van der Waals surface area contributed by atoms with Crippen LogP contribution in [0.15, 0.2) is 5.38 Å². The summed E-state index contributed by atoms with van der Waals surface area (Å²) in [6.45, 7) is 4.54. The van der Waals surface area contributed by atoms with Crippen molar-refractivity contribution in [1.29, 1.82) is 0 Å². The second-order valence-corrected chi connectivity index (χ2v) is 6.71. The van der Waals surface area contributed by atoms with E-state index in [-0.39, 0.29) is 11.6 Å². The van der Waals surface area contributed by atoms with Crippen LogP contribution < -0.4 is 0 Å². The van der Waals surface area contributed by atoms with Gasteiger partial charge in [0.25, 0.3) is 0 Å². The van der Waals surface area contributed by atoms with E-state index in [1.54, 1.807) is 18.4 Å². The fourth-order valence-corrected chi connectivity index (χ4v) is 4.14. The lowest BCUT2D eigenvalue weighted by Crippen LogP contribution is -2.34. The predicted molar refractivity (Wildman–Crippen MR) is 83.4 cm³/mol. The summed E-state index contributed by atoms with van der Waals surface area (Å²) in [5.74, 6) is 0.519. The van der Waals surface area contributed by atoms with E-state index in [1.807, 2.05) is 6.92 Å². The van der Waals surface area contributed by atoms with Gasteiger partial charge in [-0.25, -0.2) is 4.98 Å². The molecular formula is C16H25NO3S. The lowest BCUT2D eigenvalue weighted by molar-refractivity contribution is -0.143. The van der Waals surface area contributed by atoms with Crippen LogP contribution in [-0.2, 0) is 26.3 Å².